The van der Waals surface area contributed by atoms with Crippen molar-refractivity contribution in [2.75, 3.05) is 20.2 Å². The van der Waals surface area contributed by atoms with Crippen molar-refractivity contribution in [1.82, 2.24) is 10.6 Å². The summed E-state index contributed by atoms with van der Waals surface area (Å²) in [6.45, 7) is 0.685. The highest BCUT2D eigenvalue weighted by molar-refractivity contribution is 7.80. The molecule has 0 aromatic heterocycles. The summed E-state index contributed by atoms with van der Waals surface area (Å²) in [6.07, 6.45) is 0. The summed E-state index contributed by atoms with van der Waals surface area (Å²) < 4.78 is 18.6. The molecule has 1 rings (SSSR count). The molecule has 0 amide bonds. The van der Waals surface area contributed by atoms with Gasteiger partial charge in [-0.05, 0) is 24.4 Å². The van der Waals surface area contributed by atoms with Crippen LogP contribution in [0.5, 0.6) is 5.75 Å². The van der Waals surface area contributed by atoms with Crippen LogP contribution in [0.4, 0.5) is 4.39 Å². The lowest BCUT2D eigenvalue weighted by Gasteiger charge is -2.12. The molecule has 1 aromatic carbocycles. The van der Waals surface area contributed by atoms with E-state index in [0.717, 1.165) is 0 Å². The Labute approximate surface area is 110 Å². The smallest absolute Gasteiger partial charge is 0.166 e. The molecule has 0 unspecified atom stereocenters. The topological polar surface area (TPSA) is 62.7 Å². The first kappa shape index (κ1) is 14.3. The van der Waals surface area contributed by atoms with Crippen LogP contribution in [0.1, 0.15) is 5.56 Å². The number of ether oxygens (including phenoxy) is 1. The van der Waals surface area contributed by atoms with Gasteiger partial charge in [0.25, 0.3) is 0 Å². The molecule has 0 heterocycles. The quantitative estimate of drug-likeness (QED) is 0.467. The van der Waals surface area contributed by atoms with Crippen molar-refractivity contribution in [3.05, 3.63) is 34.5 Å². The van der Waals surface area contributed by atoms with Gasteiger partial charge < -0.3 is 15.4 Å². The third kappa shape index (κ3) is 4.25. The summed E-state index contributed by atoms with van der Waals surface area (Å²) >= 11 is 4.96. The van der Waals surface area contributed by atoms with Crippen LogP contribution >= 0.6 is 12.2 Å². The molecule has 0 aliphatic rings. The fraction of sp³-hybridized carbons (Fsp3) is 0.364. The van der Waals surface area contributed by atoms with Gasteiger partial charge in [0.05, 0.1) is 13.7 Å². The molecule has 0 saturated heterocycles. The van der Waals surface area contributed by atoms with Crippen LogP contribution in [0.25, 0.3) is 0 Å². The van der Waals surface area contributed by atoms with Gasteiger partial charge in [-0.15, -0.1) is 0 Å². The van der Waals surface area contributed by atoms with Crippen LogP contribution in [0.2, 0.25) is 0 Å². The van der Waals surface area contributed by atoms with Crippen molar-refractivity contribution >= 4 is 17.3 Å². The highest BCUT2D eigenvalue weighted by Crippen LogP contribution is 2.20. The minimum absolute atomic E-state index is 0.130. The van der Waals surface area contributed by atoms with E-state index in [1.807, 2.05) is 0 Å². The predicted octanol–water partition coefficient (Wildman–Crippen LogP) is 1.56. The third-order valence-electron chi connectivity index (χ3n) is 2.21. The molecular weight excluding hydrogens is 257 g/mol. The van der Waals surface area contributed by atoms with Crippen molar-refractivity contribution in [3.8, 4) is 5.75 Å². The van der Waals surface area contributed by atoms with Crippen molar-refractivity contribution in [3.63, 3.8) is 0 Å². The number of nitroso groups, excluding NO2 is 1. The van der Waals surface area contributed by atoms with E-state index in [1.54, 1.807) is 12.1 Å². The largest absolute Gasteiger partial charge is 0.496 e. The SMILES string of the molecule is COc1cccc(F)c1CNC(=S)NCCN=O. The van der Waals surface area contributed by atoms with Gasteiger partial charge in [-0.25, -0.2) is 4.39 Å². The summed E-state index contributed by atoms with van der Waals surface area (Å²) in [5.41, 5.74) is 0.401. The van der Waals surface area contributed by atoms with E-state index in [2.05, 4.69) is 15.8 Å². The molecule has 0 aliphatic carbocycles. The summed E-state index contributed by atoms with van der Waals surface area (Å²) in [4.78, 5) is 9.87. The molecule has 7 heteroatoms. The predicted molar refractivity (Wildman–Crippen MR) is 71.1 cm³/mol. The summed E-state index contributed by atoms with van der Waals surface area (Å²) in [5, 5.41) is 8.63. The second-order valence-electron chi connectivity index (χ2n) is 3.38. The number of thiocarbonyl (C=S) groups is 1. The third-order valence-corrected chi connectivity index (χ3v) is 2.50. The second-order valence-corrected chi connectivity index (χ2v) is 3.79. The molecule has 0 bridgehead atoms. The lowest BCUT2D eigenvalue weighted by atomic mass is 10.2. The van der Waals surface area contributed by atoms with Crippen molar-refractivity contribution < 1.29 is 9.13 Å². The van der Waals surface area contributed by atoms with Crippen molar-refractivity contribution in [1.29, 1.82) is 0 Å². The Morgan fingerprint density at radius 3 is 2.94 bits per heavy atom. The Morgan fingerprint density at radius 1 is 1.50 bits per heavy atom. The monoisotopic (exact) mass is 271 g/mol. The van der Waals surface area contributed by atoms with E-state index in [4.69, 9.17) is 17.0 Å². The molecule has 98 valence electrons. The van der Waals surface area contributed by atoms with Gasteiger partial charge in [0.2, 0.25) is 0 Å². The Morgan fingerprint density at radius 2 is 2.28 bits per heavy atom. The summed E-state index contributed by atoms with van der Waals surface area (Å²) in [7, 11) is 1.48. The number of halogens is 1. The molecule has 2 N–H and O–H groups in total. The summed E-state index contributed by atoms with van der Waals surface area (Å²) in [5.74, 6) is 0.0964. The molecule has 0 aliphatic heterocycles. The Kier molecular flexibility index (Phi) is 5.99. The van der Waals surface area contributed by atoms with Gasteiger partial charge in [-0.2, -0.15) is 4.91 Å². The second kappa shape index (κ2) is 7.54. The number of nitrogens with one attached hydrogen (secondary N) is 2. The molecule has 5 nitrogen and oxygen atoms in total. The minimum Gasteiger partial charge on any atom is -0.496 e. The first-order valence-electron chi connectivity index (χ1n) is 5.31. The molecule has 0 atom stereocenters. The maximum atomic E-state index is 13.6. The van der Waals surface area contributed by atoms with E-state index in [1.165, 1.54) is 13.2 Å². The maximum Gasteiger partial charge on any atom is 0.166 e. The normalized spacial score (nSPS) is 9.67. The van der Waals surface area contributed by atoms with Crippen LogP contribution in [0.15, 0.2) is 23.4 Å². The zero-order valence-corrected chi connectivity index (χ0v) is 10.7. The average Bonchev–Trinajstić information content (AvgIpc) is 2.37. The molecule has 0 saturated carbocycles. The maximum absolute atomic E-state index is 13.6. The molecule has 18 heavy (non-hydrogen) atoms. The van der Waals surface area contributed by atoms with E-state index in [-0.39, 0.29) is 18.9 Å². The van der Waals surface area contributed by atoms with Crippen LogP contribution in [0.3, 0.4) is 0 Å². The Hall–Kier alpha value is -1.76. The fourth-order valence-corrected chi connectivity index (χ4v) is 1.52. The highest BCUT2D eigenvalue weighted by atomic mass is 32.1. The summed E-state index contributed by atoms with van der Waals surface area (Å²) in [6, 6.07) is 4.60. The molecule has 0 radical (unpaired) electrons. The average molecular weight is 271 g/mol. The Bertz CT molecular complexity index is 429. The van der Waals surface area contributed by atoms with Crippen LogP contribution in [-0.2, 0) is 6.54 Å². The lowest BCUT2D eigenvalue weighted by molar-refractivity contribution is 0.403. The van der Waals surface area contributed by atoms with Gasteiger partial charge in [0, 0.05) is 18.7 Å². The van der Waals surface area contributed by atoms with E-state index < -0.39 is 0 Å². The zero-order chi connectivity index (χ0) is 13.4. The number of benzene rings is 1. The number of methoxy groups -OCH3 is 1. The lowest BCUT2D eigenvalue weighted by Crippen LogP contribution is -2.36. The Balaban J connectivity index is 2.52. The fourth-order valence-electron chi connectivity index (χ4n) is 1.35. The first-order chi connectivity index (χ1) is 8.69. The minimum atomic E-state index is -0.362. The van der Waals surface area contributed by atoms with E-state index in [9.17, 15) is 9.30 Å². The first-order valence-corrected chi connectivity index (χ1v) is 5.72. The van der Waals surface area contributed by atoms with Crippen LogP contribution in [0, 0.1) is 10.7 Å². The molecule has 0 fully saturated rings. The number of nitrogens with zero attached hydrogens (tertiary/aromatic N) is 1. The molecule has 0 spiro atoms. The van der Waals surface area contributed by atoms with E-state index in [0.29, 0.717) is 23.0 Å². The van der Waals surface area contributed by atoms with Crippen LogP contribution in [-0.4, -0.2) is 25.3 Å². The van der Waals surface area contributed by atoms with Gasteiger partial charge in [0.1, 0.15) is 11.6 Å². The standard InChI is InChI=1S/C11H14FN3O2S/c1-17-10-4-2-3-9(12)8(10)7-14-11(18)13-5-6-15-16/h2-4H,5-7H2,1H3,(H2,13,14,18). The number of rotatable bonds is 6. The van der Waals surface area contributed by atoms with Crippen molar-refractivity contribution in [2.45, 2.75) is 6.54 Å². The van der Waals surface area contributed by atoms with Gasteiger partial charge >= 0.3 is 0 Å². The van der Waals surface area contributed by atoms with Gasteiger partial charge in [0.15, 0.2) is 5.11 Å². The van der Waals surface area contributed by atoms with Gasteiger partial charge in [-0.3, -0.25) is 0 Å². The van der Waals surface area contributed by atoms with Crippen LogP contribution < -0.4 is 15.4 Å². The highest BCUT2D eigenvalue weighted by Gasteiger charge is 2.08. The van der Waals surface area contributed by atoms with Crippen molar-refractivity contribution in [2.24, 2.45) is 5.18 Å². The van der Waals surface area contributed by atoms with Gasteiger partial charge in [-0.1, -0.05) is 11.2 Å². The molecular formula is C11H14FN3O2S. The zero-order valence-electron chi connectivity index (χ0n) is 9.90. The van der Waals surface area contributed by atoms with E-state index >= 15 is 0 Å². The molecule has 1 aromatic rings. The number of hydrogen-bond donors (Lipinski definition) is 2. The number of hydrogen-bond acceptors (Lipinski definition) is 4.